The van der Waals surface area contributed by atoms with Crippen LogP contribution in [0.2, 0.25) is 0 Å². The number of nitrogens with one attached hydrogen (secondary N) is 1. The first-order valence-corrected chi connectivity index (χ1v) is 12.6. The van der Waals surface area contributed by atoms with Crippen molar-refractivity contribution in [3.05, 3.63) is 83.9 Å². The number of carbonyl (C=O) groups excluding carboxylic acids is 1. The minimum Gasteiger partial charge on any atom is -0.493 e. The van der Waals surface area contributed by atoms with Gasteiger partial charge in [0.2, 0.25) is 5.91 Å². The number of hydrogen-bond acceptors (Lipinski definition) is 4. The first-order valence-electron chi connectivity index (χ1n) is 12.6. The summed E-state index contributed by atoms with van der Waals surface area (Å²) >= 11 is 0. The van der Waals surface area contributed by atoms with E-state index >= 15 is 0 Å². The summed E-state index contributed by atoms with van der Waals surface area (Å²) in [6, 6.07) is 24.0. The molecule has 1 aliphatic carbocycles. The van der Waals surface area contributed by atoms with Crippen molar-refractivity contribution in [3.8, 4) is 23.0 Å². The highest BCUT2D eigenvalue weighted by atomic mass is 16.5. The fourth-order valence-corrected chi connectivity index (χ4v) is 5.16. The van der Waals surface area contributed by atoms with Gasteiger partial charge in [0.15, 0.2) is 11.5 Å². The summed E-state index contributed by atoms with van der Waals surface area (Å²) < 4.78 is 17.8. The Morgan fingerprint density at radius 3 is 2.37 bits per heavy atom. The molecule has 2 aliphatic rings. The van der Waals surface area contributed by atoms with Gasteiger partial charge in [-0.3, -0.25) is 4.79 Å². The Bertz CT molecular complexity index is 1120. The van der Waals surface area contributed by atoms with Gasteiger partial charge in [0, 0.05) is 18.4 Å². The number of amides is 1. The molecule has 5 nitrogen and oxygen atoms in total. The van der Waals surface area contributed by atoms with Crippen LogP contribution in [0.4, 0.5) is 0 Å². The standard InChI is InChI=1S/C30H33NO4/c1-33-28-16-13-22(19-29(28)35-26-9-5-6-10-26)24-18-23(30(32)31-20-24)17-21-11-14-27(15-12-21)34-25-7-3-2-4-8-25/h2-4,7-8,11-16,19,23-24,26H,5-6,9-10,17-18,20H2,1H3,(H,31,32)/t23-,24+/m0/s1. The Kier molecular flexibility index (Phi) is 7.22. The third kappa shape index (κ3) is 5.79. The minimum atomic E-state index is -0.0732. The topological polar surface area (TPSA) is 56.8 Å². The van der Waals surface area contributed by atoms with E-state index in [1.54, 1.807) is 7.11 Å². The largest absolute Gasteiger partial charge is 0.493 e. The predicted octanol–water partition coefficient (Wildman–Crippen LogP) is 6.27. The van der Waals surface area contributed by atoms with Gasteiger partial charge in [0.05, 0.1) is 13.2 Å². The lowest BCUT2D eigenvalue weighted by Gasteiger charge is -2.30. The van der Waals surface area contributed by atoms with Gasteiger partial charge in [-0.2, -0.15) is 0 Å². The van der Waals surface area contributed by atoms with Gasteiger partial charge < -0.3 is 19.5 Å². The summed E-state index contributed by atoms with van der Waals surface area (Å²) in [6.07, 6.45) is 6.43. The summed E-state index contributed by atoms with van der Waals surface area (Å²) in [7, 11) is 1.68. The molecular formula is C30H33NO4. The van der Waals surface area contributed by atoms with Gasteiger partial charge in [-0.25, -0.2) is 0 Å². The van der Waals surface area contributed by atoms with E-state index in [0.29, 0.717) is 13.0 Å². The molecule has 5 rings (SSSR count). The van der Waals surface area contributed by atoms with Crippen LogP contribution in [0.3, 0.4) is 0 Å². The van der Waals surface area contributed by atoms with E-state index in [1.807, 2.05) is 48.5 Å². The van der Waals surface area contributed by atoms with E-state index < -0.39 is 0 Å². The van der Waals surface area contributed by atoms with Crippen LogP contribution in [0, 0.1) is 5.92 Å². The van der Waals surface area contributed by atoms with Gasteiger partial charge in [-0.1, -0.05) is 36.4 Å². The van der Waals surface area contributed by atoms with E-state index in [4.69, 9.17) is 14.2 Å². The molecule has 1 aliphatic heterocycles. The maximum atomic E-state index is 12.7. The normalized spacial score (nSPS) is 20.3. The van der Waals surface area contributed by atoms with Crippen molar-refractivity contribution in [2.24, 2.45) is 5.92 Å². The van der Waals surface area contributed by atoms with Gasteiger partial charge >= 0.3 is 0 Å². The molecular weight excluding hydrogens is 438 g/mol. The fraction of sp³-hybridized carbons (Fsp3) is 0.367. The van der Waals surface area contributed by atoms with Crippen LogP contribution in [-0.4, -0.2) is 25.7 Å². The second kappa shape index (κ2) is 10.9. The quantitative estimate of drug-likeness (QED) is 0.421. The number of para-hydroxylation sites is 1. The monoisotopic (exact) mass is 471 g/mol. The zero-order chi connectivity index (χ0) is 24.0. The Labute approximate surface area is 207 Å². The highest BCUT2D eigenvalue weighted by Crippen LogP contribution is 2.37. The minimum absolute atomic E-state index is 0.0732. The molecule has 0 aromatic heterocycles. The maximum absolute atomic E-state index is 12.7. The molecule has 182 valence electrons. The van der Waals surface area contributed by atoms with Crippen LogP contribution in [-0.2, 0) is 11.2 Å². The molecule has 2 atom stereocenters. The lowest BCUT2D eigenvalue weighted by molar-refractivity contribution is -0.126. The number of methoxy groups -OCH3 is 1. The van der Waals surface area contributed by atoms with Crippen LogP contribution in [0.25, 0.3) is 0 Å². The van der Waals surface area contributed by atoms with E-state index in [2.05, 4.69) is 29.6 Å². The Morgan fingerprint density at radius 1 is 0.886 bits per heavy atom. The average Bonchev–Trinajstić information content (AvgIpc) is 3.40. The highest BCUT2D eigenvalue weighted by molar-refractivity contribution is 5.80. The molecule has 1 heterocycles. The van der Waals surface area contributed by atoms with E-state index in [9.17, 15) is 4.79 Å². The molecule has 1 N–H and O–H groups in total. The van der Waals surface area contributed by atoms with E-state index in [1.165, 1.54) is 18.4 Å². The number of ether oxygens (including phenoxy) is 3. The summed E-state index contributed by atoms with van der Waals surface area (Å²) in [4.78, 5) is 12.7. The summed E-state index contributed by atoms with van der Waals surface area (Å²) in [5.41, 5.74) is 2.32. The molecule has 3 aromatic rings. The molecule has 3 aromatic carbocycles. The van der Waals surface area contributed by atoms with Crippen molar-refractivity contribution in [2.45, 2.75) is 50.5 Å². The molecule has 1 saturated carbocycles. The second-order valence-corrected chi connectivity index (χ2v) is 9.57. The van der Waals surface area contributed by atoms with Gasteiger partial charge in [-0.05, 0) is 86.1 Å². The Balaban J connectivity index is 1.25. The first kappa shape index (κ1) is 23.3. The maximum Gasteiger partial charge on any atom is 0.223 e. The first-order chi connectivity index (χ1) is 17.2. The van der Waals surface area contributed by atoms with E-state index in [-0.39, 0.29) is 23.8 Å². The van der Waals surface area contributed by atoms with Crippen molar-refractivity contribution in [1.82, 2.24) is 5.32 Å². The van der Waals surface area contributed by atoms with Crippen LogP contribution in [0.15, 0.2) is 72.8 Å². The number of carbonyl (C=O) groups is 1. The zero-order valence-electron chi connectivity index (χ0n) is 20.2. The fourth-order valence-electron chi connectivity index (χ4n) is 5.16. The molecule has 1 amide bonds. The molecule has 35 heavy (non-hydrogen) atoms. The third-order valence-electron chi connectivity index (χ3n) is 7.10. The lowest BCUT2D eigenvalue weighted by Crippen LogP contribution is -2.41. The van der Waals surface area contributed by atoms with Crippen molar-refractivity contribution >= 4 is 5.91 Å². The summed E-state index contributed by atoms with van der Waals surface area (Å²) in [6.45, 7) is 0.647. The molecule has 0 bridgehead atoms. The van der Waals surface area contributed by atoms with Crippen molar-refractivity contribution < 1.29 is 19.0 Å². The van der Waals surface area contributed by atoms with Crippen molar-refractivity contribution in [3.63, 3.8) is 0 Å². The molecule has 0 radical (unpaired) electrons. The smallest absolute Gasteiger partial charge is 0.223 e. The van der Waals surface area contributed by atoms with Crippen LogP contribution < -0.4 is 19.5 Å². The molecule has 0 spiro atoms. The molecule has 1 saturated heterocycles. The molecule has 0 unspecified atom stereocenters. The number of rotatable bonds is 8. The SMILES string of the molecule is COc1ccc([C@H]2CNC(=O)[C@@H](Cc3ccc(Oc4ccccc4)cc3)C2)cc1OC1CCCC1. The lowest BCUT2D eigenvalue weighted by atomic mass is 9.82. The summed E-state index contributed by atoms with van der Waals surface area (Å²) in [5.74, 6) is 3.49. The van der Waals surface area contributed by atoms with E-state index in [0.717, 1.165) is 47.8 Å². The molecule has 2 fully saturated rings. The van der Waals surface area contributed by atoms with Crippen LogP contribution in [0.1, 0.15) is 49.1 Å². The number of piperidine rings is 1. The van der Waals surface area contributed by atoms with Crippen LogP contribution >= 0.6 is 0 Å². The number of hydrogen-bond donors (Lipinski definition) is 1. The number of benzene rings is 3. The predicted molar refractivity (Wildman–Crippen MR) is 136 cm³/mol. The van der Waals surface area contributed by atoms with Crippen molar-refractivity contribution in [2.75, 3.05) is 13.7 Å². The van der Waals surface area contributed by atoms with Gasteiger partial charge in [-0.15, -0.1) is 0 Å². The third-order valence-corrected chi connectivity index (χ3v) is 7.10. The van der Waals surface area contributed by atoms with Gasteiger partial charge in [0.25, 0.3) is 0 Å². The second-order valence-electron chi connectivity index (χ2n) is 9.57. The molecule has 5 heteroatoms. The van der Waals surface area contributed by atoms with Gasteiger partial charge in [0.1, 0.15) is 11.5 Å². The Hall–Kier alpha value is -3.47. The summed E-state index contributed by atoms with van der Waals surface area (Å²) in [5, 5.41) is 3.13. The highest BCUT2D eigenvalue weighted by Gasteiger charge is 2.30. The Morgan fingerprint density at radius 2 is 1.63 bits per heavy atom. The van der Waals surface area contributed by atoms with Crippen LogP contribution in [0.5, 0.6) is 23.0 Å². The average molecular weight is 472 g/mol. The van der Waals surface area contributed by atoms with Crippen molar-refractivity contribution in [1.29, 1.82) is 0 Å². The zero-order valence-corrected chi connectivity index (χ0v) is 20.2.